The first-order valence-corrected chi connectivity index (χ1v) is 11.8. The van der Waals surface area contributed by atoms with Gasteiger partial charge >= 0.3 is 12.1 Å². The van der Waals surface area contributed by atoms with Crippen LogP contribution in [0.2, 0.25) is 0 Å². The first-order chi connectivity index (χ1) is 16.8. The molecule has 180 valence electrons. The molecule has 1 atom stereocenters. The molecule has 1 aromatic heterocycles. The van der Waals surface area contributed by atoms with Crippen LogP contribution < -0.4 is 10.6 Å². The first-order valence-electron chi connectivity index (χ1n) is 10.9. The van der Waals surface area contributed by atoms with Crippen LogP contribution in [0.5, 0.6) is 0 Å². The second-order valence-corrected chi connectivity index (χ2v) is 8.90. The molecule has 2 amide bonds. The van der Waals surface area contributed by atoms with Crippen molar-refractivity contribution in [2.45, 2.75) is 31.7 Å². The molecule has 3 N–H and O–H groups in total. The predicted molar refractivity (Wildman–Crippen MR) is 130 cm³/mol. The van der Waals surface area contributed by atoms with E-state index in [9.17, 15) is 19.2 Å². The van der Waals surface area contributed by atoms with Gasteiger partial charge in [-0.3, -0.25) is 14.4 Å². The van der Waals surface area contributed by atoms with Gasteiger partial charge in [0.05, 0.1) is 0 Å². The number of aromatic nitrogens is 1. The number of Topliss-reactive ketones (excluding diaryl/α,β-unsaturated/α-hetero) is 1. The number of benzene rings is 2. The molecule has 9 nitrogen and oxygen atoms in total. The van der Waals surface area contributed by atoms with E-state index in [0.717, 1.165) is 33.6 Å². The first kappa shape index (κ1) is 24.1. The number of rotatable bonds is 9. The molecule has 0 radical (unpaired) electrons. The summed E-state index contributed by atoms with van der Waals surface area (Å²) in [5, 5.41) is 15.7. The Morgan fingerprint density at radius 1 is 1.06 bits per heavy atom. The Balaban J connectivity index is 1.42. The third-order valence-electron chi connectivity index (χ3n) is 5.69. The van der Waals surface area contributed by atoms with Crippen LogP contribution >= 0.6 is 11.3 Å². The van der Waals surface area contributed by atoms with Crippen molar-refractivity contribution in [1.82, 2.24) is 10.3 Å². The molecule has 0 saturated heterocycles. The molecular formula is C25H23N3O6S. The van der Waals surface area contributed by atoms with Gasteiger partial charge in [0.25, 0.3) is 0 Å². The van der Waals surface area contributed by atoms with Gasteiger partial charge in [0.1, 0.15) is 18.3 Å². The lowest BCUT2D eigenvalue weighted by molar-refractivity contribution is -0.137. The van der Waals surface area contributed by atoms with Gasteiger partial charge < -0.3 is 20.5 Å². The van der Waals surface area contributed by atoms with E-state index in [-0.39, 0.29) is 42.0 Å². The minimum atomic E-state index is -1.16. The number of ether oxygens (including phenoxy) is 1. The van der Waals surface area contributed by atoms with Crippen molar-refractivity contribution in [1.29, 1.82) is 0 Å². The Morgan fingerprint density at radius 2 is 1.69 bits per heavy atom. The molecule has 0 saturated carbocycles. The predicted octanol–water partition coefficient (Wildman–Crippen LogP) is 4.06. The monoisotopic (exact) mass is 493 g/mol. The van der Waals surface area contributed by atoms with Gasteiger partial charge in [0.15, 0.2) is 10.9 Å². The molecular weight excluding hydrogens is 470 g/mol. The SMILES string of the molecule is CC(=O)c1csc(NC(=O)C(CCC(=O)O)NC(=O)OCC2c3ccccc3-c3ccccc32)n1. The van der Waals surface area contributed by atoms with Crippen molar-refractivity contribution in [3.8, 4) is 11.1 Å². The van der Waals surface area contributed by atoms with Crippen LogP contribution in [0.25, 0.3) is 11.1 Å². The molecule has 10 heteroatoms. The van der Waals surface area contributed by atoms with Crippen molar-refractivity contribution in [2.75, 3.05) is 11.9 Å². The fourth-order valence-electron chi connectivity index (χ4n) is 4.00. The Kier molecular flexibility index (Phi) is 7.21. The number of nitrogens with zero attached hydrogens (tertiary/aromatic N) is 1. The summed E-state index contributed by atoms with van der Waals surface area (Å²) in [6, 6.07) is 14.7. The maximum Gasteiger partial charge on any atom is 0.407 e. The molecule has 0 spiro atoms. The van der Waals surface area contributed by atoms with Crippen LogP contribution in [-0.2, 0) is 14.3 Å². The number of carbonyl (C=O) groups is 4. The van der Waals surface area contributed by atoms with Gasteiger partial charge in [0, 0.05) is 24.6 Å². The highest BCUT2D eigenvalue weighted by Gasteiger charge is 2.30. The lowest BCUT2D eigenvalue weighted by Crippen LogP contribution is -2.44. The van der Waals surface area contributed by atoms with Crippen molar-refractivity contribution in [3.05, 3.63) is 70.7 Å². The van der Waals surface area contributed by atoms with E-state index in [1.807, 2.05) is 48.5 Å². The summed E-state index contributed by atoms with van der Waals surface area (Å²) in [5.74, 6) is -2.16. The summed E-state index contributed by atoms with van der Waals surface area (Å²) in [4.78, 5) is 51.8. The van der Waals surface area contributed by atoms with E-state index in [1.54, 1.807) is 0 Å². The largest absolute Gasteiger partial charge is 0.481 e. The van der Waals surface area contributed by atoms with E-state index in [4.69, 9.17) is 9.84 Å². The zero-order valence-electron chi connectivity index (χ0n) is 18.8. The number of carboxylic acid groups (broad SMARTS) is 1. The molecule has 1 unspecified atom stereocenters. The number of carbonyl (C=O) groups excluding carboxylic acids is 3. The lowest BCUT2D eigenvalue weighted by atomic mass is 9.98. The molecule has 1 aliphatic rings. The number of alkyl carbamates (subject to hydrolysis) is 1. The third kappa shape index (κ3) is 5.55. The molecule has 1 heterocycles. The Bertz CT molecular complexity index is 1240. The van der Waals surface area contributed by atoms with Gasteiger partial charge in [-0.15, -0.1) is 11.3 Å². The second kappa shape index (κ2) is 10.5. The number of fused-ring (bicyclic) bond motifs is 3. The van der Waals surface area contributed by atoms with Gasteiger partial charge in [-0.2, -0.15) is 0 Å². The number of anilines is 1. The zero-order chi connectivity index (χ0) is 24.9. The number of ketones is 1. The van der Waals surface area contributed by atoms with Crippen LogP contribution in [0.15, 0.2) is 53.9 Å². The number of hydrogen-bond acceptors (Lipinski definition) is 7. The number of hydrogen-bond donors (Lipinski definition) is 3. The molecule has 0 aliphatic heterocycles. The zero-order valence-corrected chi connectivity index (χ0v) is 19.6. The van der Waals surface area contributed by atoms with Crippen LogP contribution in [0.4, 0.5) is 9.93 Å². The van der Waals surface area contributed by atoms with E-state index < -0.39 is 24.0 Å². The fraction of sp³-hybridized carbons (Fsp3) is 0.240. The molecule has 0 bridgehead atoms. The Morgan fingerprint density at radius 3 is 2.26 bits per heavy atom. The summed E-state index contributed by atoms with van der Waals surface area (Å²) in [7, 11) is 0. The summed E-state index contributed by atoms with van der Waals surface area (Å²) >= 11 is 1.06. The summed E-state index contributed by atoms with van der Waals surface area (Å²) < 4.78 is 5.48. The topological polar surface area (TPSA) is 135 Å². The van der Waals surface area contributed by atoms with Crippen LogP contribution in [-0.4, -0.2) is 46.5 Å². The van der Waals surface area contributed by atoms with Gasteiger partial charge in [-0.1, -0.05) is 48.5 Å². The lowest BCUT2D eigenvalue weighted by Gasteiger charge is -2.19. The minimum absolute atomic E-state index is 0.0571. The maximum atomic E-state index is 12.7. The summed E-state index contributed by atoms with van der Waals surface area (Å²) in [6.07, 6.45) is -1.31. The number of thiazole rings is 1. The van der Waals surface area contributed by atoms with Crippen LogP contribution in [0, 0.1) is 0 Å². The number of nitrogens with one attached hydrogen (secondary N) is 2. The van der Waals surface area contributed by atoms with Gasteiger partial charge in [-0.05, 0) is 28.7 Å². The highest BCUT2D eigenvalue weighted by Crippen LogP contribution is 2.44. The Hall–Kier alpha value is -4.05. The van der Waals surface area contributed by atoms with E-state index in [2.05, 4.69) is 15.6 Å². The highest BCUT2D eigenvalue weighted by atomic mass is 32.1. The normalized spacial score (nSPS) is 12.8. The molecule has 35 heavy (non-hydrogen) atoms. The number of carboxylic acids is 1. The molecule has 0 fully saturated rings. The van der Waals surface area contributed by atoms with E-state index >= 15 is 0 Å². The molecule has 2 aromatic carbocycles. The summed E-state index contributed by atoms with van der Waals surface area (Å²) in [6.45, 7) is 1.41. The van der Waals surface area contributed by atoms with E-state index in [1.165, 1.54) is 12.3 Å². The van der Waals surface area contributed by atoms with E-state index in [0.29, 0.717) is 0 Å². The van der Waals surface area contributed by atoms with Crippen molar-refractivity contribution in [3.63, 3.8) is 0 Å². The van der Waals surface area contributed by atoms with Crippen molar-refractivity contribution in [2.24, 2.45) is 0 Å². The molecule has 3 aromatic rings. The number of amides is 2. The summed E-state index contributed by atoms with van der Waals surface area (Å²) in [5.41, 5.74) is 4.48. The molecule has 4 rings (SSSR count). The average molecular weight is 494 g/mol. The second-order valence-electron chi connectivity index (χ2n) is 8.04. The average Bonchev–Trinajstić information content (AvgIpc) is 3.43. The fourth-order valence-corrected chi connectivity index (χ4v) is 4.76. The van der Waals surface area contributed by atoms with Crippen molar-refractivity contribution >= 4 is 40.2 Å². The Labute approximate surface area is 205 Å². The van der Waals surface area contributed by atoms with Gasteiger partial charge in [0.2, 0.25) is 5.91 Å². The van der Waals surface area contributed by atoms with Crippen LogP contribution in [0.1, 0.15) is 47.3 Å². The maximum absolute atomic E-state index is 12.7. The van der Waals surface area contributed by atoms with Crippen LogP contribution in [0.3, 0.4) is 0 Å². The highest BCUT2D eigenvalue weighted by molar-refractivity contribution is 7.14. The minimum Gasteiger partial charge on any atom is -0.481 e. The quantitative estimate of drug-likeness (QED) is 0.383. The molecule has 1 aliphatic carbocycles. The number of aliphatic carboxylic acids is 1. The van der Waals surface area contributed by atoms with Gasteiger partial charge in [-0.25, -0.2) is 9.78 Å². The smallest absolute Gasteiger partial charge is 0.407 e. The third-order valence-corrected chi connectivity index (χ3v) is 6.45. The standard InChI is InChI=1S/C25H23N3O6S/c1-14(29)21-13-35-24(26-21)28-23(32)20(10-11-22(30)31)27-25(33)34-12-19-17-8-4-2-6-15(17)16-7-3-5-9-18(16)19/h2-9,13,19-20H,10-12H2,1H3,(H,27,33)(H,30,31)(H,26,28,32). The van der Waals surface area contributed by atoms with Crippen molar-refractivity contribution < 1.29 is 29.0 Å².